The topological polar surface area (TPSA) is 146 Å². The van der Waals surface area contributed by atoms with E-state index in [1.807, 2.05) is 18.2 Å². The Kier molecular flexibility index (Phi) is 8.50. The third kappa shape index (κ3) is 5.51. The third-order valence-electron chi connectivity index (χ3n) is 8.96. The number of aliphatic carboxylic acids is 1. The number of ether oxygens (including phenoxy) is 1. The Morgan fingerprint density at radius 3 is 2.12 bits per heavy atom. The van der Waals surface area contributed by atoms with Gasteiger partial charge in [0.2, 0.25) is 5.91 Å². The summed E-state index contributed by atoms with van der Waals surface area (Å²) in [5.41, 5.74) is 0.978. The zero-order valence-electron chi connectivity index (χ0n) is 26.4. The van der Waals surface area contributed by atoms with Gasteiger partial charge in [0.15, 0.2) is 4.87 Å². The number of benzene rings is 4. The van der Waals surface area contributed by atoms with Crippen LogP contribution in [-0.4, -0.2) is 44.4 Å². The maximum Gasteiger partial charge on any atom is 0.336 e. The maximum absolute atomic E-state index is 15.1. The van der Waals surface area contributed by atoms with Crippen molar-refractivity contribution in [2.24, 2.45) is 0 Å². The van der Waals surface area contributed by atoms with Crippen molar-refractivity contribution in [1.29, 1.82) is 0 Å². The molecule has 0 bridgehead atoms. The molecule has 5 aromatic rings. The number of rotatable bonds is 10. The molecule has 0 radical (unpaired) electrons. The van der Waals surface area contributed by atoms with Crippen LogP contribution in [0.3, 0.4) is 0 Å². The van der Waals surface area contributed by atoms with E-state index in [0.717, 1.165) is 4.90 Å². The van der Waals surface area contributed by atoms with Crippen LogP contribution in [0.1, 0.15) is 22.6 Å². The Hall–Kier alpha value is -6.07. The van der Waals surface area contributed by atoms with Gasteiger partial charge in [0, 0.05) is 33.9 Å². The van der Waals surface area contributed by atoms with E-state index in [1.165, 1.54) is 12.1 Å². The Morgan fingerprint density at radius 2 is 1.50 bits per heavy atom. The number of carbonyl (C=O) groups is 3. The number of nitrogens with one attached hydrogen (secondary N) is 1. The maximum atomic E-state index is 15.1. The lowest BCUT2D eigenvalue weighted by atomic mass is 9.74. The van der Waals surface area contributed by atoms with Crippen LogP contribution in [0.25, 0.3) is 11.0 Å². The fourth-order valence-electron chi connectivity index (χ4n) is 6.76. The van der Waals surface area contributed by atoms with Crippen molar-refractivity contribution in [2.45, 2.75) is 23.3 Å². The van der Waals surface area contributed by atoms with Crippen molar-refractivity contribution in [1.82, 2.24) is 10.2 Å². The summed E-state index contributed by atoms with van der Waals surface area (Å²) < 4.78 is 26.3. The summed E-state index contributed by atoms with van der Waals surface area (Å²) in [7, 11) is -2.22. The predicted octanol–water partition coefficient (Wildman–Crippen LogP) is 3.55. The molecule has 2 aliphatic rings. The lowest BCUT2D eigenvalue weighted by Gasteiger charge is -2.62. The molecule has 1 N–H and O–H groups in total. The average Bonchev–Trinajstić information content (AvgIpc) is 3.13. The standard InChI is InChI=1S/C39H30N2O8S/c1-24-30(23-48-29-19-17-26-18-20-33(43)49-31(26)22-29)35(38(45)46)41-37(44)36(40-32(42)21-25-11-5-2-6-12-25)39(41,50(24)47)34(27-13-7-3-8-14-27)28-15-9-4-10-16-28/h2-20,22,34,36H,1,21,23H2,(H,40,42)(H,45,46)/p-1/t36-,39-,50+/m1/s1. The molecule has 0 aliphatic carbocycles. The number of fused-ring (bicyclic) bond motifs is 2. The Balaban J connectivity index is 1.35. The molecule has 0 saturated carbocycles. The normalized spacial score (nSPS) is 20.0. The van der Waals surface area contributed by atoms with E-state index < -0.39 is 63.3 Å². The van der Waals surface area contributed by atoms with Crippen molar-refractivity contribution in [2.75, 3.05) is 6.61 Å². The van der Waals surface area contributed by atoms with Crippen LogP contribution in [0, 0.1) is 0 Å². The second-order valence-corrected chi connectivity index (χ2v) is 13.6. The van der Waals surface area contributed by atoms with Crippen molar-refractivity contribution >= 4 is 39.6 Å². The summed E-state index contributed by atoms with van der Waals surface area (Å²) in [6.07, 6.45) is -0.0657. The minimum atomic E-state index is -2.22. The third-order valence-corrected chi connectivity index (χ3v) is 10.9. The molecule has 250 valence electrons. The Labute approximate surface area is 288 Å². The van der Waals surface area contributed by atoms with E-state index in [9.17, 15) is 24.3 Å². The molecule has 0 unspecified atom stereocenters. The molecular weight excluding hydrogens is 657 g/mol. The van der Waals surface area contributed by atoms with Gasteiger partial charge in [-0.1, -0.05) is 97.6 Å². The van der Waals surface area contributed by atoms with Gasteiger partial charge in [-0.25, -0.2) is 4.79 Å². The van der Waals surface area contributed by atoms with E-state index in [4.69, 9.17) is 9.15 Å². The fourth-order valence-corrected chi connectivity index (χ4v) is 8.75. The fraction of sp³-hybridized carbons (Fsp3) is 0.128. The minimum absolute atomic E-state index is 0.0657. The van der Waals surface area contributed by atoms with Gasteiger partial charge in [0.05, 0.1) is 28.9 Å². The lowest BCUT2D eigenvalue weighted by Crippen LogP contribution is -2.84. The second-order valence-electron chi connectivity index (χ2n) is 11.9. The van der Waals surface area contributed by atoms with Crippen LogP contribution in [0.5, 0.6) is 5.75 Å². The van der Waals surface area contributed by atoms with Gasteiger partial charge >= 0.3 is 5.63 Å². The predicted molar refractivity (Wildman–Crippen MR) is 184 cm³/mol. The quantitative estimate of drug-likeness (QED) is 0.174. The highest BCUT2D eigenvalue weighted by Crippen LogP contribution is 2.56. The average molecular weight is 686 g/mol. The number of hydrogen-bond donors (Lipinski definition) is 1. The SMILES string of the molecule is C=C1C(COc2ccc3ccc(=O)oc3c2)=C(C(=O)[O-])N2C(=O)[C@@H](NC(=O)Cc3ccccc3)[C@@]2(C(c2ccccc2)c2ccccc2)[S@]1=O. The van der Waals surface area contributed by atoms with Gasteiger partial charge in [-0.2, -0.15) is 0 Å². The number of amides is 2. The highest BCUT2D eigenvalue weighted by atomic mass is 32.2. The highest BCUT2D eigenvalue weighted by molar-refractivity contribution is 7.91. The molecule has 7 rings (SSSR count). The first kappa shape index (κ1) is 32.5. The van der Waals surface area contributed by atoms with E-state index in [-0.39, 0.29) is 28.2 Å². The zero-order valence-corrected chi connectivity index (χ0v) is 27.3. The number of nitrogens with zero attached hydrogens (tertiary/aromatic N) is 1. The molecule has 10 nitrogen and oxygen atoms in total. The van der Waals surface area contributed by atoms with Gasteiger partial charge < -0.3 is 24.4 Å². The number of hydrogen-bond acceptors (Lipinski definition) is 8. The van der Waals surface area contributed by atoms with Crippen molar-refractivity contribution in [3.05, 3.63) is 171 Å². The highest BCUT2D eigenvalue weighted by Gasteiger charge is 2.72. The number of carbonyl (C=O) groups excluding carboxylic acids is 3. The smallest absolute Gasteiger partial charge is 0.336 e. The summed E-state index contributed by atoms with van der Waals surface area (Å²) in [5.74, 6) is -3.65. The molecule has 2 aliphatic heterocycles. The summed E-state index contributed by atoms with van der Waals surface area (Å²) in [6, 6.07) is 33.1. The van der Waals surface area contributed by atoms with Gasteiger partial charge in [-0.15, -0.1) is 0 Å². The molecule has 0 spiro atoms. The largest absolute Gasteiger partial charge is 0.543 e. The number of β-lactam (4-membered cyclic amide) rings is 1. The van der Waals surface area contributed by atoms with Crippen LogP contribution in [0.2, 0.25) is 0 Å². The summed E-state index contributed by atoms with van der Waals surface area (Å²) >= 11 is 0. The molecule has 2 amide bonds. The van der Waals surface area contributed by atoms with E-state index in [2.05, 4.69) is 11.9 Å². The Morgan fingerprint density at radius 1 is 0.900 bits per heavy atom. The van der Waals surface area contributed by atoms with Crippen LogP contribution in [0.4, 0.5) is 0 Å². The van der Waals surface area contributed by atoms with E-state index >= 15 is 4.21 Å². The van der Waals surface area contributed by atoms with Crippen LogP contribution in [-0.2, 0) is 31.6 Å². The first-order chi connectivity index (χ1) is 24.2. The molecule has 3 atom stereocenters. The molecule has 3 heterocycles. The van der Waals surface area contributed by atoms with Gasteiger partial charge in [0.25, 0.3) is 5.91 Å². The van der Waals surface area contributed by atoms with Gasteiger partial charge in [-0.05, 0) is 34.9 Å². The lowest BCUT2D eigenvalue weighted by molar-refractivity contribution is -0.302. The van der Waals surface area contributed by atoms with E-state index in [0.29, 0.717) is 22.1 Å². The van der Waals surface area contributed by atoms with Crippen LogP contribution >= 0.6 is 0 Å². The minimum Gasteiger partial charge on any atom is -0.543 e. The summed E-state index contributed by atoms with van der Waals surface area (Å²) in [4.78, 5) is 51.7. The molecule has 11 heteroatoms. The molecule has 1 saturated heterocycles. The first-order valence-electron chi connectivity index (χ1n) is 15.7. The molecule has 50 heavy (non-hydrogen) atoms. The summed E-state index contributed by atoms with van der Waals surface area (Å²) in [6.45, 7) is 3.63. The molecule has 1 aromatic heterocycles. The van der Waals surface area contributed by atoms with Crippen molar-refractivity contribution in [3.8, 4) is 5.75 Å². The first-order valence-corrected chi connectivity index (χ1v) is 16.8. The van der Waals surface area contributed by atoms with Crippen LogP contribution in [0.15, 0.2) is 153 Å². The monoisotopic (exact) mass is 685 g/mol. The zero-order chi connectivity index (χ0) is 35.0. The van der Waals surface area contributed by atoms with Crippen molar-refractivity contribution in [3.63, 3.8) is 0 Å². The van der Waals surface area contributed by atoms with Gasteiger partial charge in [0.1, 0.15) is 24.0 Å². The molecule has 4 aromatic carbocycles. The molecule has 1 fully saturated rings. The van der Waals surface area contributed by atoms with Gasteiger partial charge in [-0.3, -0.25) is 18.7 Å². The van der Waals surface area contributed by atoms with Crippen molar-refractivity contribution < 1.29 is 32.9 Å². The number of carboxylic acids is 1. The van der Waals surface area contributed by atoms with E-state index in [1.54, 1.807) is 91.0 Å². The summed E-state index contributed by atoms with van der Waals surface area (Å²) in [5, 5.41) is 16.5. The number of carboxylic acid groups (broad SMARTS) is 1. The Bertz CT molecular complexity index is 2230. The molecular formula is C39H29N2O8S-. The van der Waals surface area contributed by atoms with Crippen LogP contribution < -0.4 is 20.8 Å². The second kappa shape index (κ2) is 13.1.